The lowest BCUT2D eigenvalue weighted by Gasteiger charge is -2.37. The van der Waals surface area contributed by atoms with Crippen molar-refractivity contribution in [3.63, 3.8) is 0 Å². The molecular weight excluding hydrogens is 407 g/mol. The Bertz CT molecular complexity index is 697. The first kappa shape index (κ1) is 26.6. The van der Waals surface area contributed by atoms with Gasteiger partial charge in [0.25, 0.3) is 0 Å². The van der Waals surface area contributed by atoms with Crippen molar-refractivity contribution >= 4 is 24.6 Å². The third kappa shape index (κ3) is 8.37. The monoisotopic (exact) mass is 443 g/mol. The zero-order valence-corrected chi connectivity index (χ0v) is 19.9. The maximum atomic E-state index is 13.5. The first-order valence-corrected chi connectivity index (χ1v) is 11.3. The van der Waals surface area contributed by atoms with Crippen LogP contribution < -0.4 is 0 Å². The highest BCUT2D eigenvalue weighted by Crippen LogP contribution is 2.25. The lowest BCUT2D eigenvalue weighted by Crippen LogP contribution is -2.47. The fourth-order valence-electron chi connectivity index (χ4n) is 3.79. The van der Waals surface area contributed by atoms with Gasteiger partial charge in [0.2, 0.25) is 5.91 Å². The minimum atomic E-state index is -1.51. The summed E-state index contributed by atoms with van der Waals surface area (Å²) in [6, 6.07) is 1.71. The van der Waals surface area contributed by atoms with Crippen molar-refractivity contribution in [2.24, 2.45) is 17.8 Å². The Morgan fingerprint density at radius 1 is 1.03 bits per heavy atom. The molecule has 0 saturated heterocycles. The first-order chi connectivity index (χ1) is 14.0. The summed E-state index contributed by atoms with van der Waals surface area (Å²) in [6.07, 6.45) is 5.27. The predicted molar refractivity (Wildman–Crippen MR) is 122 cm³/mol. The van der Waals surface area contributed by atoms with Crippen molar-refractivity contribution in [3.05, 3.63) is 41.2 Å². The molecule has 0 bridgehead atoms. The first-order valence-electron chi connectivity index (χ1n) is 10.8. The van der Waals surface area contributed by atoms with Crippen molar-refractivity contribution in [1.29, 1.82) is 0 Å². The molecule has 1 rings (SSSR count). The molecule has 0 aromatic heterocycles. The second-order valence-electron chi connectivity index (χ2n) is 9.03. The third-order valence-corrected chi connectivity index (χ3v) is 5.77. The van der Waals surface area contributed by atoms with Crippen LogP contribution in [0.1, 0.15) is 66.4 Å². The van der Waals surface area contributed by atoms with Crippen molar-refractivity contribution in [3.8, 4) is 0 Å². The second kappa shape index (κ2) is 12.4. The van der Waals surface area contributed by atoms with Crippen molar-refractivity contribution < 1.29 is 18.0 Å². The molecule has 3 unspecified atom stereocenters. The van der Waals surface area contributed by atoms with E-state index < -0.39 is 17.5 Å². The van der Waals surface area contributed by atoms with Crippen LogP contribution in [0.15, 0.2) is 18.2 Å². The van der Waals surface area contributed by atoms with Crippen LogP contribution >= 0.6 is 12.6 Å². The highest BCUT2D eigenvalue weighted by atomic mass is 32.1. The van der Waals surface area contributed by atoms with Crippen LogP contribution in [0.4, 0.5) is 13.2 Å². The molecule has 1 aromatic rings. The Morgan fingerprint density at radius 3 is 2.03 bits per heavy atom. The average molecular weight is 444 g/mol. The molecular formula is C24H36F3NOS. The number of nitrogens with zero attached hydrogens (tertiary/aromatic N) is 1. The van der Waals surface area contributed by atoms with Crippen LogP contribution in [0.3, 0.4) is 0 Å². The number of hydrogen-bond donors (Lipinski definition) is 1. The number of hydrogen-bond acceptors (Lipinski definition) is 2. The lowest BCUT2D eigenvalue weighted by atomic mass is 9.94. The van der Waals surface area contributed by atoms with E-state index in [0.717, 1.165) is 31.4 Å². The molecule has 0 heterocycles. The fraction of sp³-hybridized carbons (Fsp3) is 0.625. The molecule has 1 amide bonds. The Kier molecular flexibility index (Phi) is 11.0. The smallest absolute Gasteiger partial charge is 0.246 e. The van der Waals surface area contributed by atoms with Gasteiger partial charge in [0.1, 0.15) is 0 Å². The minimum absolute atomic E-state index is 0.0247. The molecule has 30 heavy (non-hydrogen) atoms. The molecule has 1 aromatic carbocycles. The molecule has 0 radical (unpaired) electrons. The Hall–Kier alpha value is -1.43. The Balaban J connectivity index is 3.18. The second-order valence-corrected chi connectivity index (χ2v) is 9.69. The van der Waals surface area contributed by atoms with Gasteiger partial charge in [0.05, 0.1) is 0 Å². The molecule has 0 N–H and O–H groups in total. The van der Waals surface area contributed by atoms with Crippen molar-refractivity contribution in [2.75, 3.05) is 6.54 Å². The van der Waals surface area contributed by atoms with Crippen molar-refractivity contribution in [1.82, 2.24) is 4.90 Å². The summed E-state index contributed by atoms with van der Waals surface area (Å²) in [5.41, 5.74) is 0.105. The number of carbonyl (C=O) groups excluding carboxylic acids is 1. The highest BCUT2D eigenvalue weighted by Gasteiger charge is 2.29. The van der Waals surface area contributed by atoms with E-state index in [1.807, 2.05) is 11.8 Å². The van der Waals surface area contributed by atoms with Gasteiger partial charge in [0.15, 0.2) is 17.5 Å². The van der Waals surface area contributed by atoms with E-state index >= 15 is 0 Å². The maximum absolute atomic E-state index is 13.5. The van der Waals surface area contributed by atoms with Gasteiger partial charge in [-0.2, -0.15) is 12.6 Å². The zero-order chi connectivity index (χ0) is 23.0. The zero-order valence-electron chi connectivity index (χ0n) is 19.0. The van der Waals surface area contributed by atoms with E-state index in [0.29, 0.717) is 24.3 Å². The molecule has 6 heteroatoms. The normalized spacial score (nSPS) is 15.1. The van der Waals surface area contributed by atoms with Crippen LogP contribution in [0, 0.1) is 35.2 Å². The number of thiol groups is 1. The van der Waals surface area contributed by atoms with Crippen LogP contribution in [0.5, 0.6) is 0 Å². The van der Waals surface area contributed by atoms with Gasteiger partial charge in [-0.05, 0) is 60.8 Å². The topological polar surface area (TPSA) is 20.3 Å². The van der Waals surface area contributed by atoms with Gasteiger partial charge in [0, 0.05) is 23.9 Å². The molecule has 0 spiro atoms. The largest absolute Gasteiger partial charge is 0.335 e. The number of benzene rings is 1. The predicted octanol–water partition coefficient (Wildman–Crippen LogP) is 6.75. The Labute approximate surface area is 185 Å². The van der Waals surface area contributed by atoms with Crippen LogP contribution in [-0.2, 0) is 4.79 Å². The third-order valence-electron chi connectivity index (χ3n) is 5.07. The van der Waals surface area contributed by atoms with Gasteiger partial charge in [-0.25, -0.2) is 13.2 Å². The number of amides is 1. The van der Waals surface area contributed by atoms with Gasteiger partial charge in [-0.3, -0.25) is 4.79 Å². The number of halogens is 3. The van der Waals surface area contributed by atoms with Crippen molar-refractivity contribution in [2.45, 2.75) is 72.1 Å². The summed E-state index contributed by atoms with van der Waals surface area (Å²) in [6.45, 7) is 13.3. The van der Waals surface area contributed by atoms with Crippen LogP contribution in [-0.4, -0.2) is 28.6 Å². The molecule has 0 aliphatic carbocycles. The number of carbonyl (C=O) groups is 1. The highest BCUT2D eigenvalue weighted by molar-refractivity contribution is 7.81. The molecule has 0 fully saturated rings. The summed E-state index contributed by atoms with van der Waals surface area (Å²) in [5.74, 6) is -3.09. The lowest BCUT2D eigenvalue weighted by molar-refractivity contribution is -0.129. The summed E-state index contributed by atoms with van der Waals surface area (Å²) in [4.78, 5) is 15.0. The van der Waals surface area contributed by atoms with Gasteiger partial charge >= 0.3 is 0 Å². The quantitative estimate of drug-likeness (QED) is 0.228. The van der Waals surface area contributed by atoms with Gasteiger partial charge < -0.3 is 4.90 Å². The van der Waals surface area contributed by atoms with E-state index in [-0.39, 0.29) is 22.8 Å². The van der Waals surface area contributed by atoms with E-state index in [1.165, 1.54) is 12.2 Å². The molecule has 170 valence electrons. The molecule has 0 saturated carbocycles. The maximum Gasteiger partial charge on any atom is 0.246 e. The van der Waals surface area contributed by atoms with E-state index in [2.05, 4.69) is 34.6 Å². The Morgan fingerprint density at radius 2 is 1.57 bits per heavy atom. The summed E-state index contributed by atoms with van der Waals surface area (Å²) >= 11 is 4.74. The molecule has 3 atom stereocenters. The van der Waals surface area contributed by atoms with E-state index in [4.69, 9.17) is 12.6 Å². The van der Waals surface area contributed by atoms with Crippen LogP contribution in [0.2, 0.25) is 0 Å². The molecule has 2 nitrogen and oxygen atoms in total. The van der Waals surface area contributed by atoms with E-state index in [9.17, 15) is 18.0 Å². The summed E-state index contributed by atoms with van der Waals surface area (Å²) < 4.78 is 40.2. The van der Waals surface area contributed by atoms with Gasteiger partial charge in [-0.15, -0.1) is 0 Å². The number of rotatable bonds is 11. The standard InChI is InChI=1S/C24H36F3NOS/c1-7-22(30)21(11-16(4)5)28(14-17(6)10-15(2)3)23(29)9-8-18-12-19(25)24(27)20(26)13-18/h8-9,12-13,15-17,21-22,30H,7,10-11,14H2,1-6H3. The molecule has 0 aliphatic rings. The van der Waals surface area contributed by atoms with E-state index in [1.54, 1.807) is 0 Å². The average Bonchev–Trinajstić information content (AvgIpc) is 2.65. The summed E-state index contributed by atoms with van der Waals surface area (Å²) in [5, 5.41) is 0.0247. The van der Waals surface area contributed by atoms with Gasteiger partial charge in [-0.1, -0.05) is 41.5 Å². The SMILES string of the molecule is CCC(S)C(CC(C)C)N(CC(C)CC(C)C)C(=O)C=Cc1cc(F)c(F)c(F)c1. The van der Waals surface area contributed by atoms with Crippen LogP contribution in [0.25, 0.3) is 6.08 Å². The minimum Gasteiger partial charge on any atom is -0.335 e. The fourth-order valence-corrected chi connectivity index (χ4v) is 4.07. The molecule has 0 aliphatic heterocycles. The summed E-state index contributed by atoms with van der Waals surface area (Å²) in [7, 11) is 0.